The van der Waals surface area contributed by atoms with E-state index in [0.29, 0.717) is 22.8 Å². The number of ether oxygens (including phenoxy) is 2. The van der Waals surface area contributed by atoms with Crippen LogP contribution in [0.25, 0.3) is 0 Å². The Labute approximate surface area is 190 Å². The molecule has 0 radical (unpaired) electrons. The van der Waals surface area contributed by atoms with Gasteiger partial charge in [0.15, 0.2) is 17.3 Å². The second-order valence-electron chi connectivity index (χ2n) is 5.93. The van der Waals surface area contributed by atoms with Gasteiger partial charge in [-0.15, -0.1) is 11.8 Å². The number of nitrogens with one attached hydrogen (secondary N) is 1. The minimum absolute atomic E-state index is 0.00899. The Morgan fingerprint density at radius 2 is 2.00 bits per heavy atom. The Bertz CT molecular complexity index is 1090. The van der Waals surface area contributed by atoms with E-state index in [1.807, 2.05) is 13.8 Å². The number of nitrogens with zero attached hydrogens (tertiary/aromatic N) is 1. The smallest absolute Gasteiger partial charge is 0.264 e. The van der Waals surface area contributed by atoms with Crippen molar-refractivity contribution in [1.29, 1.82) is 0 Å². The minimum Gasteiger partial charge on any atom is -0.454 e. The van der Waals surface area contributed by atoms with Gasteiger partial charge in [0.05, 0.1) is 4.91 Å². The maximum absolute atomic E-state index is 12.7. The highest BCUT2D eigenvalue weighted by Crippen LogP contribution is 2.33. The van der Waals surface area contributed by atoms with Crippen molar-refractivity contribution in [2.45, 2.75) is 27.2 Å². The fourth-order valence-electron chi connectivity index (χ4n) is 2.42. The van der Waals surface area contributed by atoms with Crippen molar-refractivity contribution in [3.8, 4) is 11.5 Å². The van der Waals surface area contributed by atoms with E-state index in [-0.39, 0.29) is 29.0 Å². The molecule has 1 aromatic heterocycles. The molecule has 0 amide bonds. The van der Waals surface area contributed by atoms with E-state index in [4.69, 9.17) is 25.6 Å². The van der Waals surface area contributed by atoms with Crippen molar-refractivity contribution in [3.05, 3.63) is 56.9 Å². The molecule has 0 saturated carbocycles. The van der Waals surface area contributed by atoms with Crippen molar-refractivity contribution in [3.63, 3.8) is 0 Å². The molecule has 168 valence electrons. The van der Waals surface area contributed by atoms with Gasteiger partial charge >= 0.3 is 0 Å². The number of allylic oxidation sites excluding steroid dienone is 2. The van der Waals surface area contributed by atoms with E-state index in [0.717, 1.165) is 6.08 Å². The second kappa shape index (κ2) is 11.3. The molecule has 2 aromatic rings. The molecule has 31 heavy (non-hydrogen) atoms. The van der Waals surface area contributed by atoms with E-state index in [2.05, 4.69) is 9.88 Å². The van der Waals surface area contributed by atoms with Crippen LogP contribution in [-0.4, -0.2) is 32.4 Å². The van der Waals surface area contributed by atoms with Crippen molar-refractivity contribution in [1.82, 2.24) is 5.16 Å². The molecule has 3 rings (SSSR count). The van der Waals surface area contributed by atoms with E-state index in [9.17, 15) is 13.2 Å². The van der Waals surface area contributed by atoms with Crippen LogP contribution in [0.5, 0.6) is 11.5 Å². The van der Waals surface area contributed by atoms with E-state index in [1.54, 1.807) is 36.8 Å². The Balaban J connectivity index is 0.00000166. The highest BCUT2D eigenvalue weighted by Gasteiger charge is 2.22. The average molecular weight is 487 g/mol. The van der Waals surface area contributed by atoms with Crippen LogP contribution in [0.3, 0.4) is 0 Å². The van der Waals surface area contributed by atoms with E-state index >= 15 is 0 Å². The Morgan fingerprint density at radius 3 is 2.65 bits per heavy atom. The maximum atomic E-state index is 12.7. The summed E-state index contributed by atoms with van der Waals surface area (Å²) in [6, 6.07) is 5.12. The molecule has 0 saturated heterocycles. The molecule has 11 heteroatoms. The number of sulfonamides is 1. The summed E-state index contributed by atoms with van der Waals surface area (Å²) in [4.78, 5) is 12.3. The lowest BCUT2D eigenvalue weighted by molar-refractivity contribution is -0.114. The first-order valence-electron chi connectivity index (χ1n) is 9.27. The fourth-order valence-corrected chi connectivity index (χ4v) is 3.99. The third kappa shape index (κ3) is 6.52. The summed E-state index contributed by atoms with van der Waals surface area (Å²) >= 11 is 7.26. The van der Waals surface area contributed by atoms with Crippen molar-refractivity contribution >= 4 is 45.1 Å². The number of benzene rings is 1. The normalized spacial score (nSPS) is 13.1. The van der Waals surface area contributed by atoms with Crippen molar-refractivity contribution in [2.75, 3.05) is 17.8 Å². The zero-order chi connectivity index (χ0) is 23.0. The Kier molecular flexibility index (Phi) is 9.02. The first-order valence-corrected chi connectivity index (χ1v) is 12.4. The molecule has 1 N–H and O–H groups in total. The predicted octanol–water partition coefficient (Wildman–Crippen LogP) is 4.71. The summed E-state index contributed by atoms with van der Waals surface area (Å²) in [7, 11) is -4.13. The number of aromatic nitrogens is 1. The molecule has 0 unspecified atom stereocenters. The molecule has 8 nitrogen and oxygen atoms in total. The standard InChI is InChI=1S/C18H17ClN2O6S2.C2H6/c1-11-17(19)18(27-20-11)21-29(23,24)14(5-6-28-2)9-13(22)7-12-3-4-15-16(8-12)26-10-25-15;1-2/h3-6,8-9,21H,7,10H2,1-2H3;1-2H3/b6-5-,14-9-;. The van der Waals surface area contributed by atoms with Gasteiger partial charge in [-0.1, -0.05) is 36.7 Å². The van der Waals surface area contributed by atoms with Crippen LogP contribution in [0.2, 0.25) is 5.02 Å². The number of carbonyl (C=O) groups excluding carboxylic acids is 1. The molecule has 2 heterocycles. The molecule has 1 aromatic carbocycles. The monoisotopic (exact) mass is 486 g/mol. The number of hydrogen-bond acceptors (Lipinski definition) is 8. The van der Waals surface area contributed by atoms with Gasteiger partial charge in [-0.25, -0.2) is 13.1 Å². The van der Waals surface area contributed by atoms with Crippen LogP contribution >= 0.6 is 23.4 Å². The largest absolute Gasteiger partial charge is 0.454 e. The predicted molar refractivity (Wildman–Crippen MR) is 122 cm³/mol. The summed E-state index contributed by atoms with van der Waals surface area (Å²) in [6.07, 6.45) is 4.13. The molecule has 0 atom stereocenters. The number of thioether (sulfide) groups is 1. The van der Waals surface area contributed by atoms with Gasteiger partial charge < -0.3 is 14.0 Å². The number of fused-ring (bicyclic) bond motifs is 1. The second-order valence-corrected chi connectivity index (χ2v) is 8.74. The zero-order valence-electron chi connectivity index (χ0n) is 17.5. The van der Waals surface area contributed by atoms with Crippen molar-refractivity contribution in [2.24, 2.45) is 0 Å². The van der Waals surface area contributed by atoms with Crippen LogP contribution in [0, 0.1) is 6.92 Å². The highest BCUT2D eigenvalue weighted by molar-refractivity contribution is 8.01. The lowest BCUT2D eigenvalue weighted by Crippen LogP contribution is -2.15. The summed E-state index contributed by atoms with van der Waals surface area (Å²) < 4.78 is 43.1. The van der Waals surface area contributed by atoms with Gasteiger partial charge in [0, 0.05) is 12.5 Å². The number of anilines is 1. The number of hydrogen-bond donors (Lipinski definition) is 1. The fraction of sp³-hybridized carbons (Fsp3) is 0.300. The number of halogens is 1. The molecule has 1 aliphatic rings. The summed E-state index contributed by atoms with van der Waals surface area (Å²) in [5.74, 6) is 0.531. The van der Waals surface area contributed by atoms with E-state index in [1.165, 1.54) is 17.8 Å². The van der Waals surface area contributed by atoms with Gasteiger partial charge in [-0.2, -0.15) is 0 Å². The van der Waals surface area contributed by atoms with Crippen LogP contribution in [0.4, 0.5) is 5.88 Å². The molecule has 0 bridgehead atoms. The van der Waals surface area contributed by atoms with Gasteiger partial charge in [0.1, 0.15) is 10.7 Å². The van der Waals surface area contributed by atoms with Gasteiger partial charge in [0.2, 0.25) is 6.79 Å². The molecule has 1 aliphatic heterocycles. The number of rotatable bonds is 8. The zero-order valence-corrected chi connectivity index (χ0v) is 19.9. The summed E-state index contributed by atoms with van der Waals surface area (Å²) in [6.45, 7) is 5.70. The molecule has 0 spiro atoms. The van der Waals surface area contributed by atoms with Crippen LogP contribution < -0.4 is 14.2 Å². The lowest BCUT2D eigenvalue weighted by Gasteiger charge is -2.07. The Hall–Kier alpha value is -2.43. The molecular weight excluding hydrogens is 464 g/mol. The molecule has 0 fully saturated rings. The highest BCUT2D eigenvalue weighted by atomic mass is 35.5. The molecule has 0 aliphatic carbocycles. The number of ketones is 1. The summed E-state index contributed by atoms with van der Waals surface area (Å²) in [5, 5.41) is 5.20. The maximum Gasteiger partial charge on any atom is 0.264 e. The number of carbonyl (C=O) groups is 1. The first kappa shape index (κ1) is 24.8. The third-order valence-corrected chi connectivity index (χ3v) is 6.00. The SMILES string of the molecule is CC.CS/C=C\C(=C\C(=O)Cc1ccc2c(c1)OCO2)S(=O)(=O)Nc1onc(C)c1Cl. The van der Waals surface area contributed by atoms with Gasteiger partial charge in [0.25, 0.3) is 15.9 Å². The summed E-state index contributed by atoms with van der Waals surface area (Å²) in [5.41, 5.74) is 1.01. The van der Waals surface area contributed by atoms with Gasteiger partial charge in [-0.05, 0) is 42.4 Å². The lowest BCUT2D eigenvalue weighted by atomic mass is 10.1. The van der Waals surface area contributed by atoms with Crippen LogP contribution in [0.1, 0.15) is 25.1 Å². The minimum atomic E-state index is -4.13. The third-order valence-electron chi connectivity index (χ3n) is 3.82. The molecular formula is C20H23ClN2O6S2. The van der Waals surface area contributed by atoms with E-state index < -0.39 is 15.8 Å². The Morgan fingerprint density at radius 1 is 1.29 bits per heavy atom. The van der Waals surface area contributed by atoms with Crippen LogP contribution in [-0.2, 0) is 21.2 Å². The van der Waals surface area contributed by atoms with Crippen molar-refractivity contribution < 1.29 is 27.2 Å². The van der Waals surface area contributed by atoms with Crippen LogP contribution in [0.15, 0.2) is 45.2 Å². The topological polar surface area (TPSA) is 108 Å². The number of aryl methyl sites for hydroxylation is 1. The average Bonchev–Trinajstić information content (AvgIpc) is 3.33. The first-order chi connectivity index (χ1) is 14.8. The quantitative estimate of drug-likeness (QED) is 0.422. The van der Waals surface area contributed by atoms with Gasteiger partial charge in [-0.3, -0.25) is 4.79 Å².